The Morgan fingerprint density at radius 3 is 2.84 bits per heavy atom. The maximum atomic E-state index is 12.3. The number of aromatic nitrogens is 1. The van der Waals surface area contributed by atoms with E-state index in [9.17, 15) is 4.79 Å². The van der Waals surface area contributed by atoms with Gasteiger partial charge in [-0.25, -0.2) is 0 Å². The van der Waals surface area contributed by atoms with E-state index in [4.69, 9.17) is 5.26 Å². The van der Waals surface area contributed by atoms with E-state index in [1.165, 1.54) is 0 Å². The SMILES string of the molecule is CCC(CC#N)C(=O)c1ccc2nc(C)ccc2c1. The summed E-state index contributed by atoms with van der Waals surface area (Å²) in [5.41, 5.74) is 2.52. The second-order valence-corrected chi connectivity index (χ2v) is 4.69. The number of nitrogens with zero attached hydrogens (tertiary/aromatic N) is 2. The molecule has 1 atom stereocenters. The molecule has 2 rings (SSSR count). The predicted molar refractivity (Wildman–Crippen MR) is 74.8 cm³/mol. The van der Waals surface area contributed by atoms with Crippen LogP contribution >= 0.6 is 0 Å². The number of rotatable bonds is 4. The zero-order valence-corrected chi connectivity index (χ0v) is 11.2. The summed E-state index contributed by atoms with van der Waals surface area (Å²) in [5, 5.41) is 9.72. The topological polar surface area (TPSA) is 53.8 Å². The van der Waals surface area contributed by atoms with Crippen LogP contribution < -0.4 is 0 Å². The van der Waals surface area contributed by atoms with Crippen molar-refractivity contribution < 1.29 is 4.79 Å². The van der Waals surface area contributed by atoms with Gasteiger partial charge in [-0.05, 0) is 37.6 Å². The lowest BCUT2D eigenvalue weighted by Crippen LogP contribution is -2.13. The molecule has 0 saturated carbocycles. The highest BCUT2D eigenvalue weighted by molar-refractivity contribution is 6.00. The number of hydrogen-bond acceptors (Lipinski definition) is 3. The number of carbonyl (C=O) groups is 1. The Kier molecular flexibility index (Phi) is 3.91. The maximum absolute atomic E-state index is 12.3. The average Bonchev–Trinajstić information content (AvgIpc) is 2.43. The van der Waals surface area contributed by atoms with Gasteiger partial charge in [0.1, 0.15) is 0 Å². The minimum absolute atomic E-state index is 0.0477. The van der Waals surface area contributed by atoms with Gasteiger partial charge in [-0.2, -0.15) is 5.26 Å². The number of nitriles is 1. The first-order chi connectivity index (χ1) is 9.15. The van der Waals surface area contributed by atoms with Crippen LogP contribution in [0.3, 0.4) is 0 Å². The molecule has 1 heterocycles. The van der Waals surface area contributed by atoms with Gasteiger partial charge in [-0.3, -0.25) is 9.78 Å². The van der Waals surface area contributed by atoms with Crippen LogP contribution in [0.25, 0.3) is 10.9 Å². The molecule has 3 nitrogen and oxygen atoms in total. The van der Waals surface area contributed by atoms with E-state index in [0.717, 1.165) is 16.6 Å². The summed E-state index contributed by atoms with van der Waals surface area (Å²) in [6.45, 7) is 3.88. The van der Waals surface area contributed by atoms with Crippen molar-refractivity contribution in [2.75, 3.05) is 0 Å². The van der Waals surface area contributed by atoms with Crippen LogP contribution in [-0.2, 0) is 0 Å². The quantitative estimate of drug-likeness (QED) is 0.780. The van der Waals surface area contributed by atoms with Crippen LogP contribution in [0.5, 0.6) is 0 Å². The molecule has 0 aliphatic carbocycles. The molecule has 0 spiro atoms. The third-order valence-electron chi connectivity index (χ3n) is 3.31. The first kappa shape index (κ1) is 13.2. The smallest absolute Gasteiger partial charge is 0.166 e. The molecule has 1 aromatic carbocycles. The summed E-state index contributed by atoms with van der Waals surface area (Å²) in [6.07, 6.45) is 0.968. The van der Waals surface area contributed by atoms with Crippen molar-refractivity contribution in [3.05, 3.63) is 41.6 Å². The zero-order chi connectivity index (χ0) is 13.8. The van der Waals surface area contributed by atoms with E-state index in [1.807, 2.05) is 38.1 Å². The van der Waals surface area contributed by atoms with Gasteiger partial charge in [-0.15, -0.1) is 0 Å². The van der Waals surface area contributed by atoms with Gasteiger partial charge in [0.25, 0.3) is 0 Å². The Hall–Kier alpha value is -2.21. The number of aryl methyl sites for hydroxylation is 1. The standard InChI is InChI=1S/C16H16N2O/c1-3-12(8-9-17)16(19)14-6-7-15-13(10-14)5-4-11(2)18-15/h4-7,10,12H,3,8H2,1-2H3. The van der Waals surface area contributed by atoms with E-state index in [0.29, 0.717) is 12.0 Å². The molecule has 0 saturated heterocycles. The number of carbonyl (C=O) groups excluding carboxylic acids is 1. The minimum Gasteiger partial charge on any atom is -0.294 e. The molecule has 2 aromatic rings. The second-order valence-electron chi connectivity index (χ2n) is 4.69. The first-order valence-electron chi connectivity index (χ1n) is 6.44. The summed E-state index contributed by atoms with van der Waals surface area (Å²) >= 11 is 0. The average molecular weight is 252 g/mol. The van der Waals surface area contributed by atoms with Crippen molar-refractivity contribution >= 4 is 16.7 Å². The largest absolute Gasteiger partial charge is 0.294 e. The van der Waals surface area contributed by atoms with Crippen LogP contribution in [0.15, 0.2) is 30.3 Å². The fourth-order valence-corrected chi connectivity index (χ4v) is 2.15. The van der Waals surface area contributed by atoms with Crippen LogP contribution in [0, 0.1) is 24.2 Å². The molecular weight excluding hydrogens is 236 g/mol. The van der Waals surface area contributed by atoms with Crippen LogP contribution in [0.2, 0.25) is 0 Å². The molecule has 0 aliphatic rings. The van der Waals surface area contributed by atoms with Gasteiger partial charge in [0.15, 0.2) is 5.78 Å². The van der Waals surface area contributed by atoms with E-state index >= 15 is 0 Å². The third kappa shape index (κ3) is 2.79. The van der Waals surface area contributed by atoms with Crippen LogP contribution in [0.1, 0.15) is 35.8 Å². The third-order valence-corrected chi connectivity index (χ3v) is 3.31. The molecule has 0 bridgehead atoms. The molecule has 96 valence electrons. The zero-order valence-electron chi connectivity index (χ0n) is 11.2. The Morgan fingerprint density at radius 1 is 1.37 bits per heavy atom. The molecule has 19 heavy (non-hydrogen) atoms. The lowest BCUT2D eigenvalue weighted by Gasteiger charge is -2.10. The molecule has 0 N–H and O–H groups in total. The van der Waals surface area contributed by atoms with Crippen molar-refractivity contribution in [1.82, 2.24) is 4.98 Å². The normalized spacial score (nSPS) is 12.1. The van der Waals surface area contributed by atoms with Gasteiger partial charge in [0.05, 0.1) is 11.6 Å². The Labute approximate surface area is 112 Å². The van der Waals surface area contributed by atoms with Gasteiger partial charge in [-0.1, -0.05) is 13.0 Å². The summed E-state index contributed by atoms with van der Waals surface area (Å²) in [7, 11) is 0. The van der Waals surface area contributed by atoms with Crippen molar-refractivity contribution in [3.8, 4) is 6.07 Å². The highest BCUT2D eigenvalue weighted by Crippen LogP contribution is 2.20. The molecule has 0 amide bonds. The van der Waals surface area contributed by atoms with Gasteiger partial charge >= 0.3 is 0 Å². The molecule has 3 heteroatoms. The predicted octanol–water partition coefficient (Wildman–Crippen LogP) is 3.67. The van der Waals surface area contributed by atoms with Crippen LogP contribution in [0.4, 0.5) is 0 Å². The molecule has 0 aliphatic heterocycles. The number of ketones is 1. The van der Waals surface area contributed by atoms with E-state index < -0.39 is 0 Å². The van der Waals surface area contributed by atoms with E-state index in [2.05, 4.69) is 11.1 Å². The fourth-order valence-electron chi connectivity index (χ4n) is 2.15. The van der Waals surface area contributed by atoms with Crippen LogP contribution in [-0.4, -0.2) is 10.8 Å². The molecule has 1 unspecified atom stereocenters. The Bertz CT molecular complexity index is 655. The van der Waals surface area contributed by atoms with Gasteiger partial charge < -0.3 is 0 Å². The number of hydrogen-bond donors (Lipinski definition) is 0. The van der Waals surface area contributed by atoms with Crippen molar-refractivity contribution in [2.45, 2.75) is 26.7 Å². The Balaban J connectivity index is 2.38. The summed E-state index contributed by atoms with van der Waals surface area (Å²) in [5.74, 6) is -0.160. The van der Waals surface area contributed by atoms with Gasteiger partial charge in [0.2, 0.25) is 0 Å². The maximum Gasteiger partial charge on any atom is 0.166 e. The number of fused-ring (bicyclic) bond motifs is 1. The second kappa shape index (κ2) is 5.62. The summed E-state index contributed by atoms with van der Waals surface area (Å²) < 4.78 is 0. The fraction of sp³-hybridized carbons (Fsp3) is 0.312. The lowest BCUT2D eigenvalue weighted by atomic mass is 9.92. The van der Waals surface area contributed by atoms with Crippen molar-refractivity contribution in [2.24, 2.45) is 5.92 Å². The minimum atomic E-state index is -0.208. The number of Topliss-reactive ketones (excluding diaryl/α,β-unsaturated/α-hetero) is 1. The highest BCUT2D eigenvalue weighted by Gasteiger charge is 2.18. The van der Waals surface area contributed by atoms with Gasteiger partial charge in [0, 0.05) is 29.0 Å². The first-order valence-corrected chi connectivity index (χ1v) is 6.44. The van der Waals surface area contributed by atoms with E-state index in [-0.39, 0.29) is 18.1 Å². The van der Waals surface area contributed by atoms with Crippen molar-refractivity contribution in [1.29, 1.82) is 5.26 Å². The Morgan fingerprint density at radius 2 is 2.16 bits per heavy atom. The summed E-state index contributed by atoms with van der Waals surface area (Å²) in [6, 6.07) is 11.5. The lowest BCUT2D eigenvalue weighted by molar-refractivity contribution is 0.0919. The molecule has 0 radical (unpaired) electrons. The molecule has 0 fully saturated rings. The monoisotopic (exact) mass is 252 g/mol. The number of pyridine rings is 1. The number of benzene rings is 1. The molecule has 1 aromatic heterocycles. The highest BCUT2D eigenvalue weighted by atomic mass is 16.1. The molecular formula is C16H16N2O. The van der Waals surface area contributed by atoms with E-state index in [1.54, 1.807) is 6.07 Å². The van der Waals surface area contributed by atoms with Crippen molar-refractivity contribution in [3.63, 3.8) is 0 Å². The summed E-state index contributed by atoms with van der Waals surface area (Å²) in [4.78, 5) is 16.7.